The summed E-state index contributed by atoms with van der Waals surface area (Å²) in [6.07, 6.45) is 8.35. The number of imidazole rings is 1. The molecule has 0 aliphatic carbocycles. The molecule has 0 amide bonds. The van der Waals surface area contributed by atoms with Crippen LogP contribution in [0.25, 0.3) is 6.20 Å². The van der Waals surface area contributed by atoms with Crippen LogP contribution in [0, 0.1) is 0 Å². The summed E-state index contributed by atoms with van der Waals surface area (Å²) in [6, 6.07) is 0. The molecule has 0 fully saturated rings. The summed E-state index contributed by atoms with van der Waals surface area (Å²) in [4.78, 5) is 0. The summed E-state index contributed by atoms with van der Waals surface area (Å²) in [5.74, 6) is 0. The van der Waals surface area contributed by atoms with Crippen LogP contribution in [0.2, 0.25) is 0 Å². The maximum atomic E-state index is 9.08. The lowest BCUT2D eigenvalue weighted by Crippen LogP contribution is -2.28. The van der Waals surface area contributed by atoms with Crippen LogP contribution in [-0.4, -0.2) is 23.8 Å². The Morgan fingerprint density at radius 3 is 2.36 bits per heavy atom. The topological polar surface area (TPSA) is 66.0 Å². The van der Waals surface area contributed by atoms with E-state index in [0.29, 0.717) is 6.26 Å². The predicted molar refractivity (Wildman–Crippen MR) is 52.3 cm³/mol. The van der Waals surface area contributed by atoms with E-state index in [0.717, 1.165) is 6.54 Å². The van der Waals surface area contributed by atoms with Crippen molar-refractivity contribution in [1.29, 1.82) is 0 Å². The number of hydrogen-bond acceptors (Lipinski definition) is 3. The van der Waals surface area contributed by atoms with Crippen molar-refractivity contribution in [2.45, 2.75) is 13.5 Å². The Labute approximate surface area is 84.0 Å². The van der Waals surface area contributed by atoms with Crippen molar-refractivity contribution in [3.05, 3.63) is 25.3 Å². The van der Waals surface area contributed by atoms with Gasteiger partial charge in [-0.2, -0.15) is 0 Å². The lowest BCUT2D eigenvalue weighted by Gasteiger charge is -1.90. The SMILES string of the molecule is C=Cn1cc[n+](CC)c1.CS(=O)(=O)[O-]. The fourth-order valence-corrected chi connectivity index (χ4v) is 0.706. The number of rotatable bonds is 2. The molecule has 14 heavy (non-hydrogen) atoms. The molecule has 1 aromatic rings. The normalized spacial score (nSPS) is 10.2. The van der Waals surface area contributed by atoms with Crippen LogP contribution < -0.4 is 4.57 Å². The molecule has 0 bridgehead atoms. The first-order valence-corrected chi connectivity index (χ1v) is 5.78. The highest BCUT2D eigenvalue weighted by atomic mass is 32.2. The van der Waals surface area contributed by atoms with E-state index in [1.807, 2.05) is 23.3 Å². The van der Waals surface area contributed by atoms with Crippen LogP contribution in [0.1, 0.15) is 6.92 Å². The summed E-state index contributed by atoms with van der Waals surface area (Å²) in [5, 5.41) is 0. The zero-order valence-electron chi connectivity index (χ0n) is 8.25. The van der Waals surface area contributed by atoms with E-state index in [1.165, 1.54) is 0 Å². The molecule has 6 heteroatoms. The zero-order valence-corrected chi connectivity index (χ0v) is 9.07. The molecule has 1 aromatic heterocycles. The van der Waals surface area contributed by atoms with Crippen molar-refractivity contribution >= 4 is 16.3 Å². The van der Waals surface area contributed by atoms with Gasteiger partial charge < -0.3 is 4.55 Å². The monoisotopic (exact) mass is 218 g/mol. The first-order valence-electron chi connectivity index (χ1n) is 3.96. The Morgan fingerprint density at radius 1 is 1.64 bits per heavy atom. The number of aryl methyl sites for hydroxylation is 1. The highest BCUT2D eigenvalue weighted by Gasteiger charge is 1.94. The molecule has 0 radical (unpaired) electrons. The van der Waals surface area contributed by atoms with Gasteiger partial charge in [0.1, 0.15) is 12.4 Å². The highest BCUT2D eigenvalue weighted by molar-refractivity contribution is 7.84. The second-order valence-corrected chi connectivity index (χ2v) is 3.99. The molecular weight excluding hydrogens is 204 g/mol. The summed E-state index contributed by atoms with van der Waals surface area (Å²) >= 11 is 0. The van der Waals surface area contributed by atoms with Crippen LogP contribution in [0.4, 0.5) is 0 Å². The average molecular weight is 218 g/mol. The van der Waals surface area contributed by atoms with Crippen molar-refractivity contribution in [3.8, 4) is 0 Å². The van der Waals surface area contributed by atoms with Gasteiger partial charge in [0.2, 0.25) is 6.33 Å². The van der Waals surface area contributed by atoms with Crippen molar-refractivity contribution < 1.29 is 17.5 Å². The van der Waals surface area contributed by atoms with E-state index >= 15 is 0 Å². The predicted octanol–water partition coefficient (Wildman–Crippen LogP) is 0.0574. The van der Waals surface area contributed by atoms with E-state index in [-0.39, 0.29) is 0 Å². The molecule has 0 spiro atoms. The molecule has 5 nitrogen and oxygen atoms in total. The third-order valence-electron chi connectivity index (χ3n) is 1.29. The molecule has 0 saturated heterocycles. The minimum absolute atomic E-state index is 0.604. The van der Waals surface area contributed by atoms with Gasteiger partial charge in [0.05, 0.1) is 22.9 Å². The molecule has 0 aliphatic rings. The minimum Gasteiger partial charge on any atom is -0.748 e. The molecule has 0 saturated carbocycles. The molecule has 0 atom stereocenters. The molecule has 0 aliphatic heterocycles. The number of nitrogens with zero attached hydrogens (tertiary/aromatic N) is 2. The first kappa shape index (κ1) is 12.9. The largest absolute Gasteiger partial charge is 0.748 e. The lowest BCUT2D eigenvalue weighted by molar-refractivity contribution is -0.692. The van der Waals surface area contributed by atoms with E-state index in [9.17, 15) is 0 Å². The Kier molecular flexibility index (Phi) is 5.11. The van der Waals surface area contributed by atoms with E-state index < -0.39 is 10.1 Å². The van der Waals surface area contributed by atoms with Gasteiger partial charge in [0, 0.05) is 6.26 Å². The van der Waals surface area contributed by atoms with E-state index in [2.05, 4.69) is 18.1 Å². The summed E-state index contributed by atoms with van der Waals surface area (Å²) in [7, 11) is -3.92. The zero-order chi connectivity index (χ0) is 11.2. The minimum atomic E-state index is -3.92. The molecule has 0 unspecified atom stereocenters. The van der Waals surface area contributed by atoms with Crippen LogP contribution in [0.15, 0.2) is 25.3 Å². The van der Waals surface area contributed by atoms with Gasteiger partial charge in [0.25, 0.3) is 0 Å². The fraction of sp³-hybridized carbons (Fsp3) is 0.375. The van der Waals surface area contributed by atoms with Crippen LogP contribution in [0.3, 0.4) is 0 Å². The smallest absolute Gasteiger partial charge is 0.248 e. The van der Waals surface area contributed by atoms with Gasteiger partial charge in [-0.1, -0.05) is 6.58 Å². The van der Waals surface area contributed by atoms with Crippen LogP contribution >= 0.6 is 0 Å². The molecule has 1 rings (SSSR count). The van der Waals surface area contributed by atoms with Crippen LogP contribution in [0.5, 0.6) is 0 Å². The van der Waals surface area contributed by atoms with Crippen molar-refractivity contribution in [2.75, 3.05) is 6.26 Å². The van der Waals surface area contributed by atoms with Crippen LogP contribution in [-0.2, 0) is 16.7 Å². The lowest BCUT2D eigenvalue weighted by atomic mass is 10.7. The average Bonchev–Trinajstić information content (AvgIpc) is 2.48. The fourth-order valence-electron chi connectivity index (χ4n) is 0.706. The van der Waals surface area contributed by atoms with Gasteiger partial charge in [-0.3, -0.25) is 0 Å². The van der Waals surface area contributed by atoms with Gasteiger partial charge in [-0.05, 0) is 6.92 Å². The molecule has 80 valence electrons. The van der Waals surface area contributed by atoms with E-state index in [4.69, 9.17) is 13.0 Å². The highest BCUT2D eigenvalue weighted by Crippen LogP contribution is 1.81. The second kappa shape index (κ2) is 5.56. The summed E-state index contributed by atoms with van der Waals surface area (Å²) < 4.78 is 31.2. The summed E-state index contributed by atoms with van der Waals surface area (Å²) in [5.41, 5.74) is 0. The molecule has 0 N–H and O–H groups in total. The molecule has 1 heterocycles. The standard InChI is InChI=1S/C7H11N2.CH4O3S/c1-3-8-5-6-9(4-2)7-8;1-5(2,3)4/h3,5-7H,1,4H2,2H3;1H3,(H,2,3,4)/q+1;/p-1. The van der Waals surface area contributed by atoms with Gasteiger partial charge in [0.15, 0.2) is 0 Å². The van der Waals surface area contributed by atoms with E-state index in [1.54, 1.807) is 6.20 Å². The first-order chi connectivity index (χ1) is 6.36. The number of aromatic nitrogens is 2. The molecular formula is C8H14N2O3S. The van der Waals surface area contributed by atoms with Gasteiger partial charge in [-0.15, -0.1) is 0 Å². The van der Waals surface area contributed by atoms with Crippen molar-refractivity contribution in [1.82, 2.24) is 4.57 Å². The quantitative estimate of drug-likeness (QED) is 0.520. The third kappa shape index (κ3) is 7.51. The summed E-state index contributed by atoms with van der Waals surface area (Å²) in [6.45, 7) is 6.75. The Balaban J connectivity index is 0.000000292. The number of hydrogen-bond donors (Lipinski definition) is 0. The Morgan fingerprint density at radius 2 is 2.14 bits per heavy atom. The maximum absolute atomic E-state index is 9.08. The van der Waals surface area contributed by atoms with Crippen molar-refractivity contribution in [3.63, 3.8) is 0 Å². The Bertz CT molecular complexity index is 373. The van der Waals surface area contributed by atoms with Gasteiger partial charge in [-0.25, -0.2) is 17.6 Å². The van der Waals surface area contributed by atoms with Crippen molar-refractivity contribution in [2.24, 2.45) is 0 Å². The van der Waals surface area contributed by atoms with Gasteiger partial charge >= 0.3 is 0 Å². The Hall–Kier alpha value is -1.14. The third-order valence-corrected chi connectivity index (χ3v) is 1.29. The maximum Gasteiger partial charge on any atom is 0.248 e. The second-order valence-electron chi connectivity index (χ2n) is 2.58. The molecule has 0 aromatic carbocycles.